The lowest BCUT2D eigenvalue weighted by molar-refractivity contribution is 1.05. The van der Waals surface area contributed by atoms with Crippen molar-refractivity contribution < 1.29 is 0 Å². The summed E-state index contributed by atoms with van der Waals surface area (Å²) >= 11 is 0. The van der Waals surface area contributed by atoms with Crippen LogP contribution < -0.4 is 4.90 Å². The number of rotatable bonds is 1. The van der Waals surface area contributed by atoms with E-state index in [1.807, 2.05) is 0 Å². The van der Waals surface area contributed by atoms with E-state index in [1.165, 1.54) is 11.3 Å². The maximum Gasteiger partial charge on any atom is 0.0466 e. The maximum absolute atomic E-state index is 2.45. The SMILES string of the molecule is Cc1ccccc1N1[C@@H](C)[C@@H]1C. The highest BCUT2D eigenvalue weighted by Crippen LogP contribution is 2.36. The van der Waals surface area contributed by atoms with E-state index < -0.39 is 0 Å². The quantitative estimate of drug-likeness (QED) is 0.572. The van der Waals surface area contributed by atoms with E-state index in [2.05, 4.69) is 49.9 Å². The van der Waals surface area contributed by atoms with Gasteiger partial charge in [0.1, 0.15) is 0 Å². The molecule has 0 spiro atoms. The van der Waals surface area contributed by atoms with Crippen molar-refractivity contribution in [3.8, 4) is 0 Å². The lowest BCUT2D eigenvalue weighted by Gasteiger charge is -2.07. The van der Waals surface area contributed by atoms with Crippen molar-refractivity contribution >= 4 is 5.69 Å². The van der Waals surface area contributed by atoms with E-state index in [0.29, 0.717) is 0 Å². The molecule has 1 fully saturated rings. The maximum atomic E-state index is 2.45. The highest BCUT2D eigenvalue weighted by atomic mass is 15.3. The third-order valence-corrected chi connectivity index (χ3v) is 2.88. The molecule has 0 radical (unpaired) electrons. The van der Waals surface area contributed by atoms with Crippen LogP contribution in [-0.2, 0) is 0 Å². The molecule has 1 heteroatoms. The van der Waals surface area contributed by atoms with Crippen LogP contribution in [0.25, 0.3) is 0 Å². The number of benzene rings is 1. The molecular weight excluding hydrogens is 146 g/mol. The van der Waals surface area contributed by atoms with Gasteiger partial charge in [-0.25, -0.2) is 0 Å². The lowest BCUT2D eigenvalue weighted by atomic mass is 10.2. The van der Waals surface area contributed by atoms with Crippen molar-refractivity contribution in [3.63, 3.8) is 0 Å². The van der Waals surface area contributed by atoms with E-state index in [0.717, 1.165) is 12.1 Å². The van der Waals surface area contributed by atoms with Crippen molar-refractivity contribution in [2.24, 2.45) is 0 Å². The molecular formula is C11H15N. The third kappa shape index (κ3) is 1.01. The van der Waals surface area contributed by atoms with Gasteiger partial charge < -0.3 is 4.90 Å². The molecule has 1 nitrogen and oxygen atoms in total. The first-order valence-corrected chi connectivity index (χ1v) is 4.56. The van der Waals surface area contributed by atoms with Crippen molar-refractivity contribution in [1.29, 1.82) is 0 Å². The van der Waals surface area contributed by atoms with Crippen molar-refractivity contribution in [1.82, 2.24) is 0 Å². The van der Waals surface area contributed by atoms with Gasteiger partial charge in [0, 0.05) is 17.8 Å². The van der Waals surface area contributed by atoms with Gasteiger partial charge in [0.2, 0.25) is 0 Å². The molecule has 1 aromatic rings. The van der Waals surface area contributed by atoms with Crippen molar-refractivity contribution in [3.05, 3.63) is 29.8 Å². The standard InChI is InChI=1S/C11H15N/c1-8-6-4-5-7-11(8)12-9(2)10(12)3/h4-7,9-10H,1-3H3/t9-,10-/m0/s1. The predicted octanol–water partition coefficient (Wildman–Crippen LogP) is 2.59. The number of nitrogens with zero attached hydrogens (tertiary/aromatic N) is 1. The normalized spacial score (nSPS) is 27.4. The monoisotopic (exact) mass is 161 g/mol. The van der Waals surface area contributed by atoms with E-state index >= 15 is 0 Å². The number of para-hydroxylation sites is 1. The topological polar surface area (TPSA) is 3.01 Å². The molecule has 2 rings (SSSR count). The summed E-state index contributed by atoms with van der Waals surface area (Å²) in [6.07, 6.45) is 0. The molecule has 12 heavy (non-hydrogen) atoms. The molecule has 1 saturated heterocycles. The first-order valence-electron chi connectivity index (χ1n) is 4.56. The zero-order chi connectivity index (χ0) is 8.72. The zero-order valence-corrected chi connectivity index (χ0v) is 7.91. The summed E-state index contributed by atoms with van der Waals surface area (Å²) in [7, 11) is 0. The fraction of sp³-hybridized carbons (Fsp3) is 0.455. The molecule has 0 amide bonds. The minimum atomic E-state index is 0.728. The zero-order valence-electron chi connectivity index (χ0n) is 7.91. The largest absolute Gasteiger partial charge is 0.362 e. The predicted molar refractivity (Wildman–Crippen MR) is 52.6 cm³/mol. The third-order valence-electron chi connectivity index (χ3n) is 2.88. The van der Waals surface area contributed by atoms with E-state index in [1.54, 1.807) is 0 Å². The Balaban J connectivity index is 2.30. The molecule has 2 atom stereocenters. The minimum absolute atomic E-state index is 0.728. The van der Waals surface area contributed by atoms with Gasteiger partial charge in [-0.15, -0.1) is 0 Å². The first-order chi connectivity index (χ1) is 5.72. The highest BCUT2D eigenvalue weighted by molar-refractivity contribution is 5.60. The lowest BCUT2D eigenvalue weighted by Crippen LogP contribution is -1.98. The van der Waals surface area contributed by atoms with Crippen LogP contribution in [0.2, 0.25) is 0 Å². The van der Waals surface area contributed by atoms with E-state index in [4.69, 9.17) is 0 Å². The summed E-state index contributed by atoms with van der Waals surface area (Å²) in [4.78, 5) is 2.45. The van der Waals surface area contributed by atoms with Crippen LogP contribution >= 0.6 is 0 Å². The van der Waals surface area contributed by atoms with Gasteiger partial charge in [-0.2, -0.15) is 0 Å². The Morgan fingerprint density at radius 2 is 1.67 bits per heavy atom. The Morgan fingerprint density at radius 1 is 1.08 bits per heavy atom. The highest BCUT2D eigenvalue weighted by Gasteiger charge is 2.40. The van der Waals surface area contributed by atoms with Crippen LogP contribution in [0.4, 0.5) is 5.69 Å². The van der Waals surface area contributed by atoms with Gasteiger partial charge in [-0.05, 0) is 32.4 Å². The average molecular weight is 161 g/mol. The molecule has 0 N–H and O–H groups in total. The minimum Gasteiger partial charge on any atom is -0.362 e. The number of anilines is 1. The second-order valence-corrected chi connectivity index (χ2v) is 3.67. The molecule has 64 valence electrons. The van der Waals surface area contributed by atoms with Gasteiger partial charge in [-0.3, -0.25) is 0 Å². The van der Waals surface area contributed by atoms with Gasteiger partial charge >= 0.3 is 0 Å². The molecule has 0 unspecified atom stereocenters. The molecule has 1 aliphatic heterocycles. The van der Waals surface area contributed by atoms with Crippen LogP contribution in [0.1, 0.15) is 19.4 Å². The summed E-state index contributed by atoms with van der Waals surface area (Å²) < 4.78 is 0. The number of hydrogen-bond donors (Lipinski definition) is 0. The number of aryl methyl sites for hydroxylation is 1. The molecule has 0 bridgehead atoms. The molecule has 1 aliphatic rings. The smallest absolute Gasteiger partial charge is 0.0466 e. The van der Waals surface area contributed by atoms with Gasteiger partial charge in [0.05, 0.1) is 0 Å². The van der Waals surface area contributed by atoms with Gasteiger partial charge in [-0.1, -0.05) is 18.2 Å². The van der Waals surface area contributed by atoms with Crippen LogP contribution in [-0.4, -0.2) is 12.1 Å². The molecule has 0 aliphatic carbocycles. The van der Waals surface area contributed by atoms with Crippen LogP contribution in [0.3, 0.4) is 0 Å². The fourth-order valence-electron chi connectivity index (χ4n) is 1.80. The average Bonchev–Trinajstić information content (AvgIpc) is 2.62. The molecule has 1 aromatic carbocycles. The Bertz CT molecular complexity index is 285. The molecule has 0 saturated carbocycles. The van der Waals surface area contributed by atoms with Gasteiger partial charge in [0.15, 0.2) is 0 Å². The van der Waals surface area contributed by atoms with Gasteiger partial charge in [0.25, 0.3) is 0 Å². The fourth-order valence-corrected chi connectivity index (χ4v) is 1.80. The summed E-state index contributed by atoms with van der Waals surface area (Å²) in [5.74, 6) is 0. The summed E-state index contributed by atoms with van der Waals surface area (Å²) in [5.41, 5.74) is 2.78. The first kappa shape index (κ1) is 7.66. The Kier molecular flexibility index (Phi) is 1.60. The Labute approximate surface area is 74.0 Å². The second kappa shape index (κ2) is 2.51. The van der Waals surface area contributed by atoms with E-state index in [-0.39, 0.29) is 0 Å². The van der Waals surface area contributed by atoms with Crippen molar-refractivity contribution in [2.45, 2.75) is 32.9 Å². The summed E-state index contributed by atoms with van der Waals surface area (Å²) in [6.45, 7) is 6.72. The molecule has 0 aromatic heterocycles. The summed E-state index contributed by atoms with van der Waals surface area (Å²) in [5, 5.41) is 0. The second-order valence-electron chi connectivity index (χ2n) is 3.67. The van der Waals surface area contributed by atoms with Crippen LogP contribution in [0.15, 0.2) is 24.3 Å². The Hall–Kier alpha value is -0.980. The Morgan fingerprint density at radius 3 is 2.17 bits per heavy atom. The molecule has 1 heterocycles. The van der Waals surface area contributed by atoms with Crippen molar-refractivity contribution in [2.75, 3.05) is 4.90 Å². The van der Waals surface area contributed by atoms with Crippen LogP contribution in [0.5, 0.6) is 0 Å². The van der Waals surface area contributed by atoms with Crippen LogP contribution in [0, 0.1) is 6.92 Å². The summed E-state index contributed by atoms with van der Waals surface area (Å²) in [6, 6.07) is 10.0. The van der Waals surface area contributed by atoms with E-state index in [9.17, 15) is 0 Å². The number of hydrogen-bond acceptors (Lipinski definition) is 1.